The Morgan fingerprint density at radius 2 is 1.52 bits per heavy atom. The summed E-state index contributed by atoms with van der Waals surface area (Å²) in [6, 6.07) is 30.5. The van der Waals surface area contributed by atoms with E-state index in [2.05, 4.69) is 20.9 Å². The van der Waals surface area contributed by atoms with E-state index in [9.17, 15) is 14.4 Å². The summed E-state index contributed by atoms with van der Waals surface area (Å²) in [6.45, 7) is 1.74. The Morgan fingerprint density at radius 3 is 2.24 bits per heavy atom. The topological polar surface area (TPSA) is 125 Å². The van der Waals surface area contributed by atoms with Crippen molar-refractivity contribution in [2.45, 2.75) is 57.2 Å². The number of aromatic nitrogens is 2. The number of para-hydroxylation sites is 2. The molecule has 0 radical (unpaired) electrons. The third kappa shape index (κ3) is 7.61. The lowest BCUT2D eigenvalue weighted by Gasteiger charge is -2.26. The molecule has 46 heavy (non-hydrogen) atoms. The molecular formula is C37H37N5O4. The van der Waals surface area contributed by atoms with Gasteiger partial charge >= 0.3 is 0 Å². The number of H-pyrrole nitrogens is 1. The standard InChI is InChI=1S/C37H37N5O4/c1-2-34(43)38-33-23-26-13-9-15-28(21-26)46-27-14-8-12-25(20-27)22-32(35-39-29-16-6-7-17-30(29)40-35)42-36(44)31(41-37(33)45)19-18-24-10-4-3-5-11-24/h3-17,20-21,31-33H,2,18-19,22-23H2,1H3,(H,38,43)(H,39,40)(H,41,45)(H,42,44)/t31-,32-,33-/m0/s1. The van der Waals surface area contributed by atoms with E-state index in [-0.39, 0.29) is 24.7 Å². The number of aryl methyl sites for hydroxylation is 1. The normalized spacial score (nSPS) is 18.7. The number of amides is 3. The molecule has 4 aromatic carbocycles. The molecule has 9 nitrogen and oxygen atoms in total. The molecule has 0 aliphatic carbocycles. The summed E-state index contributed by atoms with van der Waals surface area (Å²) in [6.07, 6.45) is 1.81. The molecular weight excluding hydrogens is 578 g/mol. The zero-order valence-corrected chi connectivity index (χ0v) is 25.7. The lowest BCUT2D eigenvalue weighted by atomic mass is 10.0. The third-order valence-electron chi connectivity index (χ3n) is 8.14. The Kier molecular flexibility index (Phi) is 9.38. The fourth-order valence-electron chi connectivity index (χ4n) is 5.71. The van der Waals surface area contributed by atoms with Crippen LogP contribution in [0.3, 0.4) is 0 Å². The second-order valence-electron chi connectivity index (χ2n) is 11.6. The van der Waals surface area contributed by atoms with Crippen LogP contribution in [0, 0.1) is 0 Å². The number of benzene rings is 4. The Hall–Kier alpha value is -5.44. The van der Waals surface area contributed by atoms with Crippen LogP contribution in [0.25, 0.3) is 11.0 Å². The zero-order chi connectivity index (χ0) is 31.9. The minimum atomic E-state index is -0.892. The molecule has 0 saturated heterocycles. The number of aromatic amines is 1. The summed E-state index contributed by atoms with van der Waals surface area (Å²) < 4.78 is 6.23. The minimum Gasteiger partial charge on any atom is -0.457 e. The van der Waals surface area contributed by atoms with E-state index in [1.165, 1.54) is 0 Å². The zero-order valence-electron chi connectivity index (χ0n) is 25.7. The number of nitrogens with one attached hydrogen (secondary N) is 4. The van der Waals surface area contributed by atoms with Crippen LogP contribution in [-0.4, -0.2) is 39.8 Å². The predicted octanol–water partition coefficient (Wildman–Crippen LogP) is 5.32. The van der Waals surface area contributed by atoms with Gasteiger partial charge in [0.05, 0.1) is 17.1 Å². The highest BCUT2D eigenvalue weighted by Gasteiger charge is 2.29. The van der Waals surface area contributed by atoms with Crippen LogP contribution in [0.15, 0.2) is 103 Å². The highest BCUT2D eigenvalue weighted by atomic mass is 16.5. The van der Waals surface area contributed by atoms with Crippen LogP contribution >= 0.6 is 0 Å². The van der Waals surface area contributed by atoms with E-state index in [1.54, 1.807) is 6.92 Å². The molecule has 3 atom stereocenters. The molecule has 0 unspecified atom stereocenters. The number of fused-ring (bicyclic) bond motifs is 5. The first-order valence-corrected chi connectivity index (χ1v) is 15.7. The molecule has 4 bridgehead atoms. The molecule has 3 amide bonds. The number of ether oxygens (including phenoxy) is 1. The molecule has 6 rings (SSSR count). The van der Waals surface area contributed by atoms with Crippen molar-refractivity contribution < 1.29 is 19.1 Å². The van der Waals surface area contributed by atoms with Crippen molar-refractivity contribution >= 4 is 28.8 Å². The molecule has 2 heterocycles. The number of imidazole rings is 1. The van der Waals surface area contributed by atoms with Crippen LogP contribution in [0.2, 0.25) is 0 Å². The summed E-state index contributed by atoms with van der Waals surface area (Å²) >= 11 is 0. The quantitative estimate of drug-likeness (QED) is 0.206. The first kappa shape index (κ1) is 30.6. The van der Waals surface area contributed by atoms with E-state index in [4.69, 9.17) is 9.72 Å². The SMILES string of the molecule is CCC(=O)N[C@H]1Cc2cccc(c2)Oc2cccc(c2)C[C@@H](c2nc3ccccc3[nH]2)NC(=O)[C@H](CCc2ccccc2)NC1=O. The number of carbonyl (C=O) groups is 3. The second-order valence-corrected chi connectivity index (χ2v) is 11.6. The van der Waals surface area contributed by atoms with E-state index >= 15 is 0 Å². The number of carbonyl (C=O) groups excluding carboxylic acids is 3. The maximum absolute atomic E-state index is 14.1. The smallest absolute Gasteiger partial charge is 0.243 e. The van der Waals surface area contributed by atoms with Gasteiger partial charge in [0.25, 0.3) is 0 Å². The fourth-order valence-corrected chi connectivity index (χ4v) is 5.71. The molecule has 0 spiro atoms. The Bertz CT molecular complexity index is 1800. The third-order valence-corrected chi connectivity index (χ3v) is 8.14. The predicted molar refractivity (Wildman–Crippen MR) is 176 cm³/mol. The molecule has 9 heteroatoms. The van der Waals surface area contributed by atoms with E-state index in [1.807, 2.05) is 103 Å². The van der Waals surface area contributed by atoms with Gasteiger partial charge in [-0.1, -0.05) is 73.7 Å². The molecule has 4 N–H and O–H groups in total. The highest BCUT2D eigenvalue weighted by Crippen LogP contribution is 2.27. The number of nitrogens with zero attached hydrogens (tertiary/aromatic N) is 1. The first-order chi connectivity index (χ1) is 22.4. The van der Waals surface area contributed by atoms with E-state index < -0.39 is 24.0 Å². The van der Waals surface area contributed by atoms with Gasteiger partial charge in [0.2, 0.25) is 17.7 Å². The highest BCUT2D eigenvalue weighted by molar-refractivity contribution is 5.92. The van der Waals surface area contributed by atoms with Crippen molar-refractivity contribution in [2.75, 3.05) is 0 Å². The average Bonchev–Trinajstić information content (AvgIpc) is 3.51. The summed E-state index contributed by atoms with van der Waals surface area (Å²) in [5.74, 6) is 0.844. The van der Waals surface area contributed by atoms with Crippen LogP contribution in [0.5, 0.6) is 11.5 Å². The van der Waals surface area contributed by atoms with Gasteiger partial charge in [-0.25, -0.2) is 4.98 Å². The van der Waals surface area contributed by atoms with Gasteiger partial charge in [-0.3, -0.25) is 14.4 Å². The van der Waals surface area contributed by atoms with Crippen LogP contribution in [0.1, 0.15) is 48.3 Å². The van der Waals surface area contributed by atoms with Gasteiger partial charge in [0.1, 0.15) is 29.4 Å². The summed E-state index contributed by atoms with van der Waals surface area (Å²) in [5.41, 5.74) is 4.46. The van der Waals surface area contributed by atoms with Gasteiger partial charge in [-0.05, 0) is 65.9 Å². The first-order valence-electron chi connectivity index (χ1n) is 15.7. The Balaban J connectivity index is 1.39. The van der Waals surface area contributed by atoms with Gasteiger partial charge in [-0.15, -0.1) is 0 Å². The number of hydrogen-bond donors (Lipinski definition) is 4. The largest absolute Gasteiger partial charge is 0.457 e. The minimum absolute atomic E-state index is 0.223. The lowest BCUT2D eigenvalue weighted by Crippen LogP contribution is -2.55. The van der Waals surface area contributed by atoms with E-state index in [0.717, 1.165) is 27.7 Å². The van der Waals surface area contributed by atoms with Gasteiger partial charge in [0.15, 0.2) is 0 Å². The van der Waals surface area contributed by atoms with Crippen molar-refractivity contribution in [1.82, 2.24) is 25.9 Å². The molecule has 1 aromatic heterocycles. The molecule has 0 fully saturated rings. The van der Waals surface area contributed by atoms with Crippen molar-refractivity contribution in [1.29, 1.82) is 0 Å². The van der Waals surface area contributed by atoms with Crippen molar-refractivity contribution in [2.24, 2.45) is 0 Å². The molecule has 0 saturated carbocycles. The van der Waals surface area contributed by atoms with Gasteiger partial charge in [0, 0.05) is 19.3 Å². The lowest BCUT2D eigenvalue weighted by molar-refractivity contribution is -0.132. The number of hydrogen-bond acceptors (Lipinski definition) is 5. The summed E-state index contributed by atoms with van der Waals surface area (Å²) in [4.78, 5) is 48.7. The van der Waals surface area contributed by atoms with E-state index in [0.29, 0.717) is 36.6 Å². The number of rotatable bonds is 6. The monoisotopic (exact) mass is 615 g/mol. The molecule has 5 aromatic rings. The molecule has 234 valence electrons. The van der Waals surface area contributed by atoms with Gasteiger partial charge < -0.3 is 25.7 Å². The van der Waals surface area contributed by atoms with Crippen LogP contribution in [-0.2, 0) is 33.6 Å². The summed E-state index contributed by atoms with van der Waals surface area (Å²) in [7, 11) is 0. The van der Waals surface area contributed by atoms with Crippen LogP contribution < -0.4 is 20.7 Å². The average molecular weight is 616 g/mol. The Labute approximate surface area is 267 Å². The Morgan fingerprint density at radius 1 is 0.826 bits per heavy atom. The van der Waals surface area contributed by atoms with Gasteiger partial charge in [-0.2, -0.15) is 0 Å². The summed E-state index contributed by atoms with van der Waals surface area (Å²) in [5, 5.41) is 9.03. The second kappa shape index (κ2) is 14.1. The molecule has 1 aliphatic heterocycles. The van der Waals surface area contributed by atoms with Crippen molar-refractivity contribution in [3.05, 3.63) is 126 Å². The maximum Gasteiger partial charge on any atom is 0.243 e. The molecule has 1 aliphatic rings. The van der Waals surface area contributed by atoms with Crippen LogP contribution in [0.4, 0.5) is 0 Å². The van der Waals surface area contributed by atoms with Crippen molar-refractivity contribution in [3.8, 4) is 11.5 Å². The van der Waals surface area contributed by atoms with Crippen molar-refractivity contribution in [3.63, 3.8) is 0 Å². The fraction of sp³-hybridized carbons (Fsp3) is 0.243. The maximum atomic E-state index is 14.1.